The normalized spacial score (nSPS) is 19.9. The number of amides is 2. The molecule has 0 spiro atoms. The van der Waals surface area contributed by atoms with Crippen LogP contribution in [0.5, 0.6) is 0 Å². The molecule has 2 amide bonds. The van der Waals surface area contributed by atoms with Gasteiger partial charge in [0, 0.05) is 50.9 Å². The SMILES string of the molecule is O=C(Nc1ccc(C(=O)N2CCN(Cc3ncco3)CC2)c(N2CCCCCC2)c1)C1CC1. The highest BCUT2D eigenvalue weighted by Crippen LogP contribution is 2.32. The number of hydrogen-bond acceptors (Lipinski definition) is 6. The number of anilines is 2. The summed E-state index contributed by atoms with van der Waals surface area (Å²) in [5, 5.41) is 3.06. The Labute approximate surface area is 194 Å². The van der Waals surface area contributed by atoms with Crippen LogP contribution >= 0.6 is 0 Å². The molecule has 3 aliphatic rings. The van der Waals surface area contributed by atoms with Gasteiger partial charge >= 0.3 is 0 Å². The molecule has 1 N–H and O–H groups in total. The Hall–Kier alpha value is -2.87. The summed E-state index contributed by atoms with van der Waals surface area (Å²) in [4.78, 5) is 36.7. The third-order valence-electron chi connectivity index (χ3n) is 6.89. The predicted octanol–water partition coefficient (Wildman–Crippen LogP) is 3.36. The summed E-state index contributed by atoms with van der Waals surface area (Å²) in [6.07, 6.45) is 9.92. The monoisotopic (exact) mass is 451 g/mol. The van der Waals surface area contributed by atoms with Crippen LogP contribution in [0.3, 0.4) is 0 Å². The molecule has 8 heteroatoms. The largest absolute Gasteiger partial charge is 0.448 e. The Morgan fingerprint density at radius 2 is 1.76 bits per heavy atom. The van der Waals surface area contributed by atoms with Crippen LogP contribution in [0.25, 0.3) is 0 Å². The number of rotatable bonds is 6. The average molecular weight is 452 g/mol. The molecule has 0 radical (unpaired) electrons. The van der Waals surface area contributed by atoms with Crippen molar-refractivity contribution in [2.75, 3.05) is 49.5 Å². The highest BCUT2D eigenvalue weighted by Gasteiger charge is 2.30. The fourth-order valence-electron chi connectivity index (χ4n) is 4.76. The zero-order valence-corrected chi connectivity index (χ0v) is 19.2. The van der Waals surface area contributed by atoms with E-state index in [1.165, 1.54) is 12.8 Å². The van der Waals surface area contributed by atoms with Crippen LogP contribution < -0.4 is 10.2 Å². The first kappa shape index (κ1) is 21.9. The zero-order valence-electron chi connectivity index (χ0n) is 19.2. The maximum absolute atomic E-state index is 13.6. The van der Waals surface area contributed by atoms with Crippen molar-refractivity contribution in [1.82, 2.24) is 14.8 Å². The van der Waals surface area contributed by atoms with Gasteiger partial charge in [-0.1, -0.05) is 12.8 Å². The van der Waals surface area contributed by atoms with E-state index in [2.05, 4.69) is 20.1 Å². The lowest BCUT2D eigenvalue weighted by Crippen LogP contribution is -2.48. The van der Waals surface area contributed by atoms with Crippen molar-refractivity contribution in [1.29, 1.82) is 0 Å². The van der Waals surface area contributed by atoms with Gasteiger partial charge in [0.05, 0.1) is 24.0 Å². The van der Waals surface area contributed by atoms with Gasteiger partial charge in [0.15, 0.2) is 0 Å². The number of nitrogens with zero attached hydrogens (tertiary/aromatic N) is 4. The van der Waals surface area contributed by atoms with Gasteiger partial charge in [0.2, 0.25) is 11.8 Å². The van der Waals surface area contributed by atoms with Crippen molar-refractivity contribution in [3.05, 3.63) is 42.1 Å². The Morgan fingerprint density at radius 3 is 2.42 bits per heavy atom. The summed E-state index contributed by atoms with van der Waals surface area (Å²) in [5.74, 6) is 1.03. The predicted molar refractivity (Wildman–Crippen MR) is 126 cm³/mol. The fourth-order valence-corrected chi connectivity index (χ4v) is 4.76. The molecule has 0 atom stereocenters. The van der Waals surface area contributed by atoms with Crippen molar-refractivity contribution in [2.45, 2.75) is 45.1 Å². The van der Waals surface area contributed by atoms with Gasteiger partial charge in [0.1, 0.15) is 6.26 Å². The van der Waals surface area contributed by atoms with Crippen LogP contribution in [0.15, 0.2) is 35.1 Å². The lowest BCUT2D eigenvalue weighted by atomic mass is 10.1. The summed E-state index contributed by atoms with van der Waals surface area (Å²) >= 11 is 0. The molecule has 2 aromatic rings. The quantitative estimate of drug-likeness (QED) is 0.725. The van der Waals surface area contributed by atoms with Gasteiger partial charge in [-0.3, -0.25) is 14.5 Å². The molecule has 176 valence electrons. The molecular formula is C25H33N5O3. The molecule has 2 aliphatic heterocycles. The minimum Gasteiger partial charge on any atom is -0.448 e. The van der Waals surface area contributed by atoms with E-state index < -0.39 is 0 Å². The van der Waals surface area contributed by atoms with Gasteiger partial charge in [-0.05, 0) is 43.9 Å². The number of benzene rings is 1. The fraction of sp³-hybridized carbons (Fsp3) is 0.560. The number of carbonyl (C=O) groups excluding carboxylic acids is 2. The third kappa shape index (κ3) is 5.38. The van der Waals surface area contributed by atoms with E-state index in [1.54, 1.807) is 12.5 Å². The standard InChI is InChI=1S/C25H33N5O3/c31-24(19-5-6-19)27-20-7-8-21(22(17-20)29-10-3-1-2-4-11-29)25(32)30-14-12-28(13-15-30)18-23-26-9-16-33-23/h7-9,16-17,19H,1-6,10-15,18H2,(H,27,31). The molecule has 3 fully saturated rings. The van der Waals surface area contributed by atoms with Gasteiger partial charge in [0.25, 0.3) is 5.91 Å². The molecule has 8 nitrogen and oxygen atoms in total. The second-order valence-corrected chi connectivity index (χ2v) is 9.39. The van der Waals surface area contributed by atoms with E-state index in [-0.39, 0.29) is 17.7 Å². The summed E-state index contributed by atoms with van der Waals surface area (Å²) in [6, 6.07) is 5.80. The second kappa shape index (κ2) is 9.95. The third-order valence-corrected chi connectivity index (χ3v) is 6.89. The van der Waals surface area contributed by atoms with E-state index in [9.17, 15) is 9.59 Å². The van der Waals surface area contributed by atoms with E-state index in [4.69, 9.17) is 4.42 Å². The molecule has 2 saturated heterocycles. The number of nitrogens with one attached hydrogen (secondary N) is 1. The van der Waals surface area contributed by atoms with Gasteiger partial charge < -0.3 is 19.5 Å². The van der Waals surface area contributed by atoms with Crippen LogP contribution in [0.1, 0.15) is 54.8 Å². The van der Waals surface area contributed by atoms with Crippen LogP contribution in [0, 0.1) is 5.92 Å². The number of hydrogen-bond donors (Lipinski definition) is 1. The van der Waals surface area contributed by atoms with Gasteiger partial charge in [-0.2, -0.15) is 0 Å². The smallest absolute Gasteiger partial charge is 0.256 e. The molecule has 33 heavy (non-hydrogen) atoms. The number of piperazine rings is 1. The highest BCUT2D eigenvalue weighted by molar-refractivity contribution is 6.02. The Morgan fingerprint density at radius 1 is 1.00 bits per heavy atom. The molecule has 1 saturated carbocycles. The van der Waals surface area contributed by atoms with Crippen molar-refractivity contribution < 1.29 is 14.0 Å². The molecule has 1 aromatic heterocycles. The van der Waals surface area contributed by atoms with E-state index in [1.807, 2.05) is 23.1 Å². The van der Waals surface area contributed by atoms with E-state index >= 15 is 0 Å². The van der Waals surface area contributed by atoms with E-state index in [0.717, 1.165) is 68.8 Å². The minimum absolute atomic E-state index is 0.0742. The molecule has 0 unspecified atom stereocenters. The summed E-state index contributed by atoms with van der Waals surface area (Å²) in [6.45, 7) is 5.52. The first-order chi connectivity index (χ1) is 16.2. The topological polar surface area (TPSA) is 81.9 Å². The second-order valence-electron chi connectivity index (χ2n) is 9.39. The van der Waals surface area contributed by atoms with Crippen LogP contribution in [-0.2, 0) is 11.3 Å². The maximum atomic E-state index is 13.6. The highest BCUT2D eigenvalue weighted by atomic mass is 16.3. The summed E-state index contributed by atoms with van der Waals surface area (Å²) in [5.41, 5.74) is 2.48. The van der Waals surface area contributed by atoms with Crippen molar-refractivity contribution in [3.63, 3.8) is 0 Å². The van der Waals surface area contributed by atoms with Gasteiger partial charge in [-0.25, -0.2) is 4.98 Å². The van der Waals surface area contributed by atoms with Crippen LogP contribution in [0.4, 0.5) is 11.4 Å². The number of carbonyl (C=O) groups is 2. The zero-order chi connectivity index (χ0) is 22.6. The lowest BCUT2D eigenvalue weighted by Gasteiger charge is -2.35. The first-order valence-electron chi connectivity index (χ1n) is 12.3. The number of aromatic nitrogens is 1. The molecule has 1 aliphatic carbocycles. The Balaban J connectivity index is 1.31. The van der Waals surface area contributed by atoms with Crippen molar-refractivity contribution in [3.8, 4) is 0 Å². The molecule has 3 heterocycles. The van der Waals surface area contributed by atoms with Crippen molar-refractivity contribution >= 4 is 23.2 Å². The average Bonchev–Trinajstić information content (AvgIpc) is 3.62. The number of oxazole rings is 1. The van der Waals surface area contributed by atoms with Gasteiger partial charge in [-0.15, -0.1) is 0 Å². The van der Waals surface area contributed by atoms with Crippen LogP contribution in [0.2, 0.25) is 0 Å². The lowest BCUT2D eigenvalue weighted by molar-refractivity contribution is -0.117. The van der Waals surface area contributed by atoms with Crippen molar-refractivity contribution in [2.24, 2.45) is 5.92 Å². The maximum Gasteiger partial charge on any atom is 0.256 e. The van der Waals surface area contributed by atoms with Crippen LogP contribution in [-0.4, -0.2) is 65.9 Å². The molecular weight excluding hydrogens is 418 g/mol. The molecule has 0 bridgehead atoms. The summed E-state index contributed by atoms with van der Waals surface area (Å²) in [7, 11) is 0. The summed E-state index contributed by atoms with van der Waals surface area (Å²) < 4.78 is 5.36. The van der Waals surface area contributed by atoms with E-state index in [0.29, 0.717) is 25.5 Å². The first-order valence-corrected chi connectivity index (χ1v) is 12.3. The molecule has 1 aromatic carbocycles. The Bertz CT molecular complexity index is 956. The Kier molecular flexibility index (Phi) is 6.62. The minimum atomic E-state index is 0.0742. The molecule has 5 rings (SSSR count).